The minimum absolute atomic E-state index is 0. The average molecular weight is 720 g/mol. The normalized spacial score (nSPS) is 16.4. The molecular weight excluding hydrogens is 675 g/mol. The summed E-state index contributed by atoms with van der Waals surface area (Å²) >= 11 is 11.9. The van der Waals surface area contributed by atoms with E-state index in [0.29, 0.717) is 21.9 Å². The summed E-state index contributed by atoms with van der Waals surface area (Å²) in [5, 5.41) is 13.1. The van der Waals surface area contributed by atoms with Crippen LogP contribution in [0.2, 0.25) is 10.3 Å². The second kappa shape index (κ2) is 14.5. The number of nitrogens with one attached hydrogen (secondary N) is 1. The van der Waals surface area contributed by atoms with Crippen LogP contribution in [0, 0.1) is 27.7 Å². The van der Waals surface area contributed by atoms with Crippen molar-refractivity contribution in [3.05, 3.63) is 103 Å². The number of fused-ring (bicyclic) bond motifs is 2. The van der Waals surface area contributed by atoms with E-state index in [4.69, 9.17) is 38.4 Å². The molecule has 0 bridgehead atoms. The first kappa shape index (κ1) is 36.9. The second-order valence-electron chi connectivity index (χ2n) is 13.3. The molecule has 50 heavy (non-hydrogen) atoms. The van der Waals surface area contributed by atoms with E-state index >= 15 is 0 Å². The molecule has 1 amide bonds. The summed E-state index contributed by atoms with van der Waals surface area (Å²) in [6, 6.07) is 15.6. The van der Waals surface area contributed by atoms with Crippen molar-refractivity contribution in [2.24, 2.45) is 0 Å². The van der Waals surface area contributed by atoms with E-state index in [1.165, 1.54) is 5.56 Å². The zero-order valence-electron chi connectivity index (χ0n) is 28.1. The predicted molar refractivity (Wildman–Crippen MR) is 198 cm³/mol. The molecule has 9 nitrogen and oxygen atoms in total. The molecule has 4 aromatic rings. The molecule has 2 saturated carbocycles. The molecule has 2 aliphatic carbocycles. The first-order valence-corrected chi connectivity index (χ1v) is 17.2. The van der Waals surface area contributed by atoms with E-state index in [9.17, 15) is 14.7 Å². The van der Waals surface area contributed by atoms with Crippen molar-refractivity contribution >= 4 is 46.7 Å². The molecule has 2 aromatic carbocycles. The number of nitrogen functional groups attached to an aromatic ring is 1. The number of hydrogen-bond donors (Lipinski definition) is 3. The van der Waals surface area contributed by atoms with Crippen LogP contribution in [0.3, 0.4) is 0 Å². The zero-order valence-corrected chi connectivity index (χ0v) is 29.6. The fraction of sp³-hybridized carbons (Fsp3) is 0.385. The van der Waals surface area contributed by atoms with Crippen LogP contribution in [0.15, 0.2) is 48.5 Å². The van der Waals surface area contributed by atoms with E-state index in [0.717, 1.165) is 102 Å². The first-order valence-electron chi connectivity index (χ1n) is 16.4. The Labute approximate surface area is 303 Å². The lowest BCUT2D eigenvalue weighted by Gasteiger charge is -2.17. The van der Waals surface area contributed by atoms with E-state index in [2.05, 4.69) is 21.4 Å². The number of nitrogens with zero attached hydrogens (tertiary/aromatic N) is 2. The van der Waals surface area contributed by atoms with Crippen molar-refractivity contribution in [2.45, 2.75) is 84.5 Å². The quantitative estimate of drug-likeness (QED) is 0.176. The first-order chi connectivity index (χ1) is 23.3. The lowest BCUT2D eigenvalue weighted by atomic mass is 9.92. The Morgan fingerprint density at radius 1 is 0.760 bits per heavy atom. The number of amides is 1. The zero-order chi connectivity index (χ0) is 35.1. The van der Waals surface area contributed by atoms with E-state index in [-0.39, 0.29) is 13.3 Å². The highest BCUT2D eigenvalue weighted by Crippen LogP contribution is 2.51. The Morgan fingerprint density at radius 3 is 1.70 bits per heavy atom. The third kappa shape index (κ3) is 7.39. The Bertz CT molecular complexity index is 1910. The van der Waals surface area contributed by atoms with Gasteiger partial charge in [0.25, 0.3) is 0 Å². The van der Waals surface area contributed by atoms with Crippen LogP contribution in [0.25, 0.3) is 0 Å². The standard InChI is InChI=1S/C19H19ClN2O2.C12H12O3.C7H9ClN2.CH4/c1-11-9-16(21-17(20)12(11)2)22-18(23)19(6-7-19)14-3-4-15-13(10-14)5-8-24-15;13-11(14)12(4-5-12)9-1-2-10-8(7-9)3-6-15-10;1-4-3-6(9)10-7(8)5(4)2;/h3-4,9-10H,5-8H2,1-2H3,(H,21,22,23);1-2,7H,3-6H2,(H,13,14);3H,1-2H3,(H2,9,10);1H4. The van der Waals surface area contributed by atoms with Gasteiger partial charge in [-0.2, -0.15) is 0 Å². The van der Waals surface area contributed by atoms with Crippen LogP contribution < -0.4 is 20.5 Å². The van der Waals surface area contributed by atoms with Gasteiger partial charge in [-0.05, 0) is 122 Å². The molecule has 4 heterocycles. The summed E-state index contributed by atoms with van der Waals surface area (Å²) < 4.78 is 11.0. The largest absolute Gasteiger partial charge is 0.493 e. The number of rotatable bonds is 5. The number of aryl methyl sites for hydroxylation is 2. The summed E-state index contributed by atoms with van der Waals surface area (Å²) in [5.41, 5.74) is 12.8. The smallest absolute Gasteiger partial charge is 0.314 e. The van der Waals surface area contributed by atoms with Crippen molar-refractivity contribution < 1.29 is 24.2 Å². The van der Waals surface area contributed by atoms with Crippen LogP contribution in [0.5, 0.6) is 11.5 Å². The third-order valence-electron chi connectivity index (χ3n) is 10.0. The molecule has 0 spiro atoms. The number of hydrogen-bond acceptors (Lipinski definition) is 7. The number of halogens is 2. The summed E-state index contributed by atoms with van der Waals surface area (Å²) in [7, 11) is 0. The number of carbonyl (C=O) groups is 2. The van der Waals surface area contributed by atoms with Gasteiger partial charge in [0.1, 0.15) is 33.4 Å². The highest BCUT2D eigenvalue weighted by atomic mass is 35.5. The maximum atomic E-state index is 12.9. The van der Waals surface area contributed by atoms with Gasteiger partial charge in [0, 0.05) is 12.8 Å². The van der Waals surface area contributed by atoms with Crippen molar-refractivity contribution in [1.29, 1.82) is 0 Å². The Hall–Kier alpha value is -4.34. The van der Waals surface area contributed by atoms with Gasteiger partial charge in [-0.3, -0.25) is 9.59 Å². The number of benzene rings is 2. The fourth-order valence-corrected chi connectivity index (χ4v) is 6.70. The number of aromatic nitrogens is 2. The van der Waals surface area contributed by atoms with Crippen LogP contribution in [-0.2, 0) is 33.3 Å². The Balaban J connectivity index is 0.000000160. The molecule has 2 fully saturated rings. The summed E-state index contributed by atoms with van der Waals surface area (Å²) in [4.78, 5) is 32.2. The van der Waals surface area contributed by atoms with Gasteiger partial charge in [-0.15, -0.1) is 0 Å². The van der Waals surface area contributed by atoms with E-state index in [1.807, 2.05) is 64.1 Å². The van der Waals surface area contributed by atoms with Crippen LogP contribution in [0.4, 0.5) is 11.6 Å². The highest BCUT2D eigenvalue weighted by Gasteiger charge is 2.52. The van der Waals surface area contributed by atoms with Crippen molar-refractivity contribution in [2.75, 3.05) is 24.3 Å². The highest BCUT2D eigenvalue weighted by molar-refractivity contribution is 6.30. The molecule has 2 aliphatic heterocycles. The average Bonchev–Trinajstić information content (AvgIpc) is 3.96. The van der Waals surface area contributed by atoms with Crippen molar-refractivity contribution in [3.8, 4) is 11.5 Å². The van der Waals surface area contributed by atoms with E-state index < -0.39 is 16.8 Å². The lowest BCUT2D eigenvalue weighted by Crippen LogP contribution is -2.28. The van der Waals surface area contributed by atoms with Crippen LogP contribution in [0.1, 0.15) is 77.6 Å². The Morgan fingerprint density at radius 2 is 1.24 bits per heavy atom. The molecular formula is C39H44Cl2N4O5. The number of carboxylic acids is 1. The number of carboxylic acid groups (broad SMARTS) is 1. The molecule has 0 saturated heterocycles. The van der Waals surface area contributed by atoms with Gasteiger partial charge in [-0.1, -0.05) is 54.9 Å². The molecule has 0 unspecified atom stereocenters. The van der Waals surface area contributed by atoms with Gasteiger partial charge in [0.2, 0.25) is 5.91 Å². The minimum atomic E-state index is -0.693. The van der Waals surface area contributed by atoms with Gasteiger partial charge in [0.15, 0.2) is 0 Å². The second-order valence-corrected chi connectivity index (χ2v) is 14.0. The van der Waals surface area contributed by atoms with Crippen LogP contribution >= 0.6 is 23.2 Å². The summed E-state index contributed by atoms with van der Waals surface area (Å²) in [6.45, 7) is 9.21. The monoisotopic (exact) mass is 718 g/mol. The molecule has 2 aromatic heterocycles. The fourth-order valence-electron chi connectivity index (χ4n) is 6.21. The van der Waals surface area contributed by atoms with Gasteiger partial charge < -0.3 is 25.6 Å². The van der Waals surface area contributed by atoms with Crippen molar-refractivity contribution in [3.63, 3.8) is 0 Å². The molecule has 11 heteroatoms. The molecule has 0 atom stereocenters. The van der Waals surface area contributed by atoms with Crippen molar-refractivity contribution in [1.82, 2.24) is 9.97 Å². The maximum absolute atomic E-state index is 12.9. The molecule has 4 aliphatic rings. The topological polar surface area (TPSA) is 137 Å². The number of aliphatic carboxylic acids is 1. The SMILES string of the molecule is C.Cc1cc(N)nc(Cl)c1C.Cc1cc(NC(=O)C2(c3ccc4c(c3)CCO4)CC2)nc(Cl)c1C.O=C(O)C1(c2ccc3c(c2)CCO3)CC1. The van der Waals surface area contributed by atoms with Gasteiger partial charge in [-0.25, -0.2) is 9.97 Å². The minimum Gasteiger partial charge on any atom is -0.493 e. The number of nitrogens with two attached hydrogens (primary N) is 1. The van der Waals surface area contributed by atoms with Gasteiger partial charge in [0.05, 0.1) is 24.0 Å². The predicted octanol–water partition coefficient (Wildman–Crippen LogP) is 8.26. The third-order valence-corrected chi connectivity index (χ3v) is 10.8. The Kier molecular flexibility index (Phi) is 10.7. The summed E-state index contributed by atoms with van der Waals surface area (Å²) in [6.07, 6.45) is 5.06. The van der Waals surface area contributed by atoms with E-state index in [1.54, 1.807) is 6.07 Å². The number of ether oxygens (including phenoxy) is 2. The number of carbonyl (C=O) groups excluding carboxylic acids is 1. The molecule has 4 N–H and O–H groups in total. The number of pyridine rings is 2. The molecule has 8 rings (SSSR count). The molecule has 264 valence electrons. The summed E-state index contributed by atoms with van der Waals surface area (Å²) in [5.74, 6) is 2.16. The molecule has 0 radical (unpaired) electrons. The van der Waals surface area contributed by atoms with Crippen LogP contribution in [-0.4, -0.2) is 40.2 Å². The maximum Gasteiger partial charge on any atom is 0.314 e. The number of anilines is 2. The lowest BCUT2D eigenvalue weighted by molar-refractivity contribution is -0.140. The van der Waals surface area contributed by atoms with Gasteiger partial charge >= 0.3 is 5.97 Å².